The van der Waals surface area contributed by atoms with Gasteiger partial charge in [0.2, 0.25) is 5.91 Å². The number of ether oxygens (including phenoxy) is 1. The zero-order valence-corrected chi connectivity index (χ0v) is 9.27. The fraction of sp³-hybridized carbons (Fsp3) is 0.273. The third-order valence-corrected chi connectivity index (χ3v) is 2.52. The minimum atomic E-state index is -0.894. The molecule has 0 spiro atoms. The first-order chi connectivity index (χ1) is 8.47. The van der Waals surface area contributed by atoms with Crippen molar-refractivity contribution in [2.45, 2.75) is 18.9 Å². The third-order valence-electron chi connectivity index (χ3n) is 2.52. The van der Waals surface area contributed by atoms with Crippen LogP contribution in [0.1, 0.15) is 12.8 Å². The van der Waals surface area contributed by atoms with Gasteiger partial charge in [0.1, 0.15) is 5.75 Å². The van der Waals surface area contributed by atoms with E-state index in [0.717, 1.165) is 12.1 Å². The second kappa shape index (κ2) is 4.52. The summed E-state index contributed by atoms with van der Waals surface area (Å²) in [5.74, 6) is -2.32. The molecule has 1 heterocycles. The molecule has 1 atom stereocenters. The molecule has 0 radical (unpaired) electrons. The van der Waals surface area contributed by atoms with E-state index in [-0.39, 0.29) is 24.3 Å². The van der Waals surface area contributed by atoms with Gasteiger partial charge < -0.3 is 20.9 Å². The van der Waals surface area contributed by atoms with E-state index in [9.17, 15) is 14.0 Å². The van der Waals surface area contributed by atoms with Crippen LogP contribution >= 0.6 is 0 Å². The Balaban J connectivity index is 2.19. The third kappa shape index (κ3) is 2.34. The largest absolute Gasteiger partial charge is 0.505 e. The van der Waals surface area contributed by atoms with Crippen LogP contribution in [0.3, 0.4) is 0 Å². The molecule has 0 fully saturated rings. The normalized spacial score (nSPS) is 17.6. The zero-order chi connectivity index (χ0) is 13.3. The number of phenols is 1. The van der Waals surface area contributed by atoms with E-state index in [1.165, 1.54) is 0 Å². The van der Waals surface area contributed by atoms with E-state index in [4.69, 9.17) is 15.6 Å². The molecule has 0 aliphatic carbocycles. The van der Waals surface area contributed by atoms with E-state index in [0.29, 0.717) is 0 Å². The first-order valence-electron chi connectivity index (χ1n) is 5.25. The van der Waals surface area contributed by atoms with E-state index < -0.39 is 29.5 Å². The Kier molecular flexibility index (Phi) is 3.05. The molecule has 1 aliphatic rings. The Bertz CT molecular complexity index is 518. The van der Waals surface area contributed by atoms with Gasteiger partial charge in [-0.1, -0.05) is 0 Å². The van der Waals surface area contributed by atoms with Crippen LogP contribution in [0.5, 0.6) is 11.5 Å². The van der Waals surface area contributed by atoms with Gasteiger partial charge in [0.25, 0.3) is 5.91 Å². The van der Waals surface area contributed by atoms with Crippen LogP contribution in [-0.2, 0) is 9.59 Å². The molecule has 18 heavy (non-hydrogen) atoms. The van der Waals surface area contributed by atoms with E-state index in [1.807, 2.05) is 0 Å². The number of anilines is 1. The maximum absolute atomic E-state index is 13.1. The predicted molar refractivity (Wildman–Crippen MR) is 59.5 cm³/mol. The van der Waals surface area contributed by atoms with Crippen LogP contribution in [0.2, 0.25) is 0 Å². The highest BCUT2D eigenvalue weighted by molar-refractivity contribution is 5.98. The number of nitrogens with one attached hydrogen (secondary N) is 1. The van der Waals surface area contributed by atoms with Crippen LogP contribution < -0.4 is 15.8 Å². The number of amides is 2. The Morgan fingerprint density at radius 2 is 2.28 bits per heavy atom. The lowest BCUT2D eigenvalue weighted by atomic mass is 10.1. The topological polar surface area (TPSA) is 102 Å². The summed E-state index contributed by atoms with van der Waals surface area (Å²) in [6, 6.07) is 2.04. The first kappa shape index (κ1) is 12.2. The van der Waals surface area contributed by atoms with Crippen molar-refractivity contribution in [1.29, 1.82) is 0 Å². The van der Waals surface area contributed by atoms with Gasteiger partial charge in [-0.2, -0.15) is 0 Å². The number of aromatic hydroxyl groups is 1. The Morgan fingerprint density at radius 1 is 1.56 bits per heavy atom. The van der Waals surface area contributed by atoms with Gasteiger partial charge in [0.15, 0.2) is 17.7 Å². The minimum absolute atomic E-state index is 0.00597. The van der Waals surface area contributed by atoms with Crippen LogP contribution in [0, 0.1) is 5.82 Å². The average molecular weight is 254 g/mol. The number of nitrogens with two attached hydrogens (primary N) is 1. The van der Waals surface area contributed by atoms with Crippen molar-refractivity contribution in [3.05, 3.63) is 17.9 Å². The molecule has 0 aromatic heterocycles. The number of hydrogen-bond donors (Lipinski definition) is 3. The van der Waals surface area contributed by atoms with Gasteiger partial charge >= 0.3 is 0 Å². The standard InChI is InChI=1S/C11H11FN2O4/c12-5-3-9-6(4-7(5)15)14-11(17)8(18-9)1-2-10(13)16/h3-4,8,15H,1-2H2,(H2,13,16)(H,14,17). The molecule has 2 amide bonds. The number of phenolic OH excluding ortho intramolecular Hbond substituents is 1. The smallest absolute Gasteiger partial charge is 0.265 e. The molecule has 0 bridgehead atoms. The summed E-state index contributed by atoms with van der Waals surface area (Å²) in [5.41, 5.74) is 5.16. The highest BCUT2D eigenvalue weighted by atomic mass is 19.1. The molecular formula is C11H11FN2O4. The monoisotopic (exact) mass is 254 g/mol. The van der Waals surface area contributed by atoms with Gasteiger partial charge in [-0.25, -0.2) is 4.39 Å². The first-order valence-corrected chi connectivity index (χ1v) is 5.25. The maximum Gasteiger partial charge on any atom is 0.265 e. The lowest BCUT2D eigenvalue weighted by molar-refractivity contribution is -0.124. The van der Waals surface area contributed by atoms with Gasteiger partial charge in [-0.3, -0.25) is 9.59 Å². The maximum atomic E-state index is 13.1. The van der Waals surface area contributed by atoms with Gasteiger partial charge in [-0.15, -0.1) is 0 Å². The number of carbonyl (C=O) groups excluding carboxylic acids is 2. The SMILES string of the molecule is NC(=O)CCC1Oc2cc(F)c(O)cc2NC1=O. The van der Waals surface area contributed by atoms with Crippen LogP contribution in [0.25, 0.3) is 0 Å². The summed E-state index contributed by atoms with van der Waals surface area (Å²) < 4.78 is 18.4. The fourth-order valence-corrected chi connectivity index (χ4v) is 1.62. The number of fused-ring (bicyclic) bond motifs is 1. The van der Waals surface area contributed by atoms with Crippen molar-refractivity contribution < 1.29 is 23.8 Å². The minimum Gasteiger partial charge on any atom is -0.505 e. The van der Waals surface area contributed by atoms with Crippen LogP contribution in [-0.4, -0.2) is 23.0 Å². The average Bonchev–Trinajstić information content (AvgIpc) is 2.29. The molecule has 1 aromatic rings. The Morgan fingerprint density at radius 3 is 2.94 bits per heavy atom. The van der Waals surface area contributed by atoms with Crippen LogP contribution in [0.4, 0.5) is 10.1 Å². The van der Waals surface area contributed by atoms with Gasteiger partial charge in [0.05, 0.1) is 5.69 Å². The van der Waals surface area contributed by atoms with Crippen molar-refractivity contribution in [2.24, 2.45) is 5.73 Å². The molecule has 0 saturated heterocycles. The molecule has 0 saturated carbocycles. The van der Waals surface area contributed by atoms with Gasteiger partial charge in [-0.05, 0) is 0 Å². The van der Waals surface area contributed by atoms with Crippen LogP contribution in [0.15, 0.2) is 12.1 Å². The number of rotatable bonds is 3. The number of halogens is 1. The summed E-state index contributed by atoms with van der Waals surface area (Å²) in [5, 5.41) is 11.6. The second-order valence-corrected chi connectivity index (χ2v) is 3.90. The molecule has 7 heteroatoms. The van der Waals surface area contributed by atoms with Crippen molar-refractivity contribution in [1.82, 2.24) is 0 Å². The number of primary amides is 1. The molecule has 1 aromatic carbocycles. The Labute approximate surface area is 102 Å². The molecule has 2 rings (SSSR count). The molecule has 1 aliphatic heterocycles. The summed E-state index contributed by atoms with van der Waals surface area (Å²) in [6.07, 6.45) is -0.786. The van der Waals surface area contributed by atoms with Crippen molar-refractivity contribution in [3.63, 3.8) is 0 Å². The van der Waals surface area contributed by atoms with Crippen molar-refractivity contribution >= 4 is 17.5 Å². The predicted octanol–water partition coefficient (Wildman–Crippen LogP) is 0.496. The number of hydrogen-bond acceptors (Lipinski definition) is 4. The van der Waals surface area contributed by atoms with E-state index >= 15 is 0 Å². The molecule has 4 N–H and O–H groups in total. The molecule has 96 valence electrons. The van der Waals surface area contributed by atoms with Crippen molar-refractivity contribution in [3.8, 4) is 11.5 Å². The molecular weight excluding hydrogens is 243 g/mol. The number of carbonyl (C=O) groups is 2. The van der Waals surface area contributed by atoms with E-state index in [2.05, 4.69) is 5.32 Å². The fourth-order valence-electron chi connectivity index (χ4n) is 1.62. The zero-order valence-electron chi connectivity index (χ0n) is 9.27. The summed E-state index contributed by atoms with van der Waals surface area (Å²) in [7, 11) is 0. The van der Waals surface area contributed by atoms with E-state index in [1.54, 1.807) is 0 Å². The second-order valence-electron chi connectivity index (χ2n) is 3.90. The summed E-state index contributed by atoms with van der Waals surface area (Å²) >= 11 is 0. The lowest BCUT2D eigenvalue weighted by Crippen LogP contribution is -2.37. The lowest BCUT2D eigenvalue weighted by Gasteiger charge is -2.25. The molecule has 1 unspecified atom stereocenters. The summed E-state index contributed by atoms with van der Waals surface area (Å²) in [6.45, 7) is 0. The summed E-state index contributed by atoms with van der Waals surface area (Å²) in [4.78, 5) is 22.2. The Hall–Kier alpha value is -2.31. The number of benzene rings is 1. The quantitative estimate of drug-likeness (QED) is 0.730. The molecule has 6 nitrogen and oxygen atoms in total. The highest BCUT2D eigenvalue weighted by Gasteiger charge is 2.28. The highest BCUT2D eigenvalue weighted by Crippen LogP contribution is 2.35. The van der Waals surface area contributed by atoms with Crippen molar-refractivity contribution in [2.75, 3.05) is 5.32 Å². The van der Waals surface area contributed by atoms with Gasteiger partial charge in [0, 0.05) is 25.0 Å².